The molecule has 0 aromatic carbocycles. The van der Waals surface area contributed by atoms with Crippen LogP contribution in [0, 0.1) is 0 Å². The van der Waals surface area contributed by atoms with Crippen LogP contribution in [-0.4, -0.2) is 16.0 Å². The largest absolute Gasteiger partial charge is 0.409 e. The van der Waals surface area contributed by atoms with Crippen LogP contribution in [-0.2, 0) is 0 Å². The summed E-state index contributed by atoms with van der Waals surface area (Å²) in [5.74, 6) is 0.440. The van der Waals surface area contributed by atoms with Crippen LogP contribution in [0.2, 0.25) is 0 Å². The molecule has 0 aliphatic rings. The normalized spacial score (nSPS) is 12.1. The van der Waals surface area contributed by atoms with Crippen LogP contribution in [0.1, 0.15) is 30.9 Å². The average Bonchev–Trinajstić information content (AvgIpc) is 2.16. The smallest absolute Gasteiger partial charge is 0.170 e. The van der Waals surface area contributed by atoms with E-state index < -0.39 is 0 Å². The Morgan fingerprint density at radius 2 is 2.31 bits per heavy atom. The van der Waals surface area contributed by atoms with Gasteiger partial charge in [0.25, 0.3) is 0 Å². The fraction of sp³-hybridized carbons (Fsp3) is 0.333. The zero-order valence-electron chi connectivity index (χ0n) is 7.73. The van der Waals surface area contributed by atoms with Crippen LogP contribution in [0.15, 0.2) is 23.6 Å². The van der Waals surface area contributed by atoms with E-state index in [1.165, 1.54) is 0 Å². The third kappa shape index (κ3) is 1.96. The molecule has 0 amide bonds. The Labute approximate surface area is 77.1 Å². The lowest BCUT2D eigenvalue weighted by molar-refractivity contribution is 0.318. The van der Waals surface area contributed by atoms with Crippen LogP contribution in [0.4, 0.5) is 0 Å². The maximum Gasteiger partial charge on any atom is 0.170 e. The van der Waals surface area contributed by atoms with Gasteiger partial charge in [0.1, 0.15) is 0 Å². The zero-order chi connectivity index (χ0) is 9.84. The molecule has 0 unspecified atom stereocenters. The number of rotatable bonds is 2. The molecule has 13 heavy (non-hydrogen) atoms. The van der Waals surface area contributed by atoms with Gasteiger partial charge in [-0.05, 0) is 17.5 Å². The highest BCUT2D eigenvalue weighted by molar-refractivity contribution is 5.98. The highest BCUT2D eigenvalue weighted by Gasteiger charge is 2.09. The van der Waals surface area contributed by atoms with Crippen molar-refractivity contribution < 1.29 is 5.21 Å². The number of aromatic nitrogens is 1. The molecule has 1 aromatic rings. The van der Waals surface area contributed by atoms with E-state index in [4.69, 9.17) is 10.9 Å². The first kappa shape index (κ1) is 9.51. The van der Waals surface area contributed by atoms with Gasteiger partial charge in [0.05, 0.1) is 0 Å². The van der Waals surface area contributed by atoms with Crippen LogP contribution in [0.25, 0.3) is 0 Å². The monoisotopic (exact) mass is 179 g/mol. The second-order valence-electron chi connectivity index (χ2n) is 3.10. The van der Waals surface area contributed by atoms with Crippen molar-refractivity contribution in [1.82, 2.24) is 4.98 Å². The molecule has 3 N–H and O–H groups in total. The van der Waals surface area contributed by atoms with Crippen molar-refractivity contribution in [3.8, 4) is 0 Å². The molecule has 0 atom stereocenters. The van der Waals surface area contributed by atoms with Crippen molar-refractivity contribution in [3.63, 3.8) is 0 Å². The van der Waals surface area contributed by atoms with Gasteiger partial charge in [-0.25, -0.2) is 0 Å². The third-order valence-corrected chi connectivity index (χ3v) is 1.86. The molecular formula is C9H13N3O. The lowest BCUT2D eigenvalue weighted by Gasteiger charge is -2.09. The summed E-state index contributed by atoms with van der Waals surface area (Å²) >= 11 is 0. The molecular weight excluding hydrogens is 166 g/mol. The van der Waals surface area contributed by atoms with E-state index in [1.807, 2.05) is 13.8 Å². The van der Waals surface area contributed by atoms with Gasteiger partial charge in [-0.3, -0.25) is 4.98 Å². The molecule has 0 bridgehead atoms. The van der Waals surface area contributed by atoms with Crippen molar-refractivity contribution in [2.24, 2.45) is 10.9 Å². The quantitative estimate of drug-likeness (QED) is 0.311. The number of oxime groups is 1. The summed E-state index contributed by atoms with van der Waals surface area (Å²) in [4.78, 5) is 3.99. The van der Waals surface area contributed by atoms with Gasteiger partial charge in [-0.1, -0.05) is 19.0 Å². The number of nitrogens with two attached hydrogens (primary N) is 1. The number of nitrogens with zero attached hydrogens (tertiary/aromatic N) is 2. The topological polar surface area (TPSA) is 71.5 Å². The van der Waals surface area contributed by atoms with Crippen molar-refractivity contribution in [2.75, 3.05) is 0 Å². The van der Waals surface area contributed by atoms with Crippen molar-refractivity contribution in [2.45, 2.75) is 19.8 Å². The molecule has 1 aromatic heterocycles. The lowest BCUT2D eigenvalue weighted by Crippen LogP contribution is -2.16. The minimum Gasteiger partial charge on any atom is -0.409 e. The third-order valence-electron chi connectivity index (χ3n) is 1.86. The molecule has 70 valence electrons. The minimum atomic E-state index is 0.131. The molecule has 0 saturated carbocycles. The van der Waals surface area contributed by atoms with E-state index in [-0.39, 0.29) is 5.84 Å². The van der Waals surface area contributed by atoms with Gasteiger partial charge >= 0.3 is 0 Å². The summed E-state index contributed by atoms with van der Waals surface area (Å²) < 4.78 is 0. The Balaban J connectivity index is 3.20. The van der Waals surface area contributed by atoms with E-state index in [1.54, 1.807) is 18.5 Å². The number of hydrogen-bond donors (Lipinski definition) is 2. The number of amidine groups is 1. The Hall–Kier alpha value is -1.58. The molecule has 4 nitrogen and oxygen atoms in total. The van der Waals surface area contributed by atoms with Gasteiger partial charge < -0.3 is 10.9 Å². The maximum atomic E-state index is 8.54. The molecule has 4 heteroatoms. The van der Waals surface area contributed by atoms with Crippen LogP contribution < -0.4 is 5.73 Å². The zero-order valence-corrected chi connectivity index (χ0v) is 7.73. The molecule has 0 fully saturated rings. The lowest BCUT2D eigenvalue weighted by atomic mass is 9.99. The van der Waals surface area contributed by atoms with E-state index in [9.17, 15) is 0 Å². The SMILES string of the molecule is CC(C)c1cnccc1/C(N)=N/O. The summed E-state index contributed by atoms with van der Waals surface area (Å²) in [6.45, 7) is 4.07. The van der Waals surface area contributed by atoms with Gasteiger partial charge in [-0.15, -0.1) is 0 Å². The first-order valence-corrected chi connectivity index (χ1v) is 4.08. The highest BCUT2D eigenvalue weighted by atomic mass is 16.4. The van der Waals surface area contributed by atoms with Crippen LogP contribution >= 0.6 is 0 Å². The second kappa shape index (κ2) is 3.89. The Kier molecular flexibility index (Phi) is 2.84. The Morgan fingerprint density at radius 1 is 1.62 bits per heavy atom. The van der Waals surface area contributed by atoms with Crippen molar-refractivity contribution >= 4 is 5.84 Å². The predicted octanol–water partition coefficient (Wildman–Crippen LogP) is 1.30. The molecule has 1 rings (SSSR count). The van der Waals surface area contributed by atoms with Gasteiger partial charge in [-0.2, -0.15) is 0 Å². The fourth-order valence-corrected chi connectivity index (χ4v) is 1.15. The second-order valence-corrected chi connectivity index (χ2v) is 3.10. The molecule has 0 aliphatic heterocycles. The number of pyridine rings is 1. The summed E-state index contributed by atoms with van der Waals surface area (Å²) in [6.07, 6.45) is 3.36. The van der Waals surface area contributed by atoms with Gasteiger partial charge in [0, 0.05) is 18.0 Å². The molecule has 1 heterocycles. The van der Waals surface area contributed by atoms with E-state index in [0.29, 0.717) is 5.92 Å². The van der Waals surface area contributed by atoms with E-state index >= 15 is 0 Å². The van der Waals surface area contributed by atoms with Crippen LogP contribution in [0.5, 0.6) is 0 Å². The van der Waals surface area contributed by atoms with E-state index in [2.05, 4.69) is 10.1 Å². The summed E-state index contributed by atoms with van der Waals surface area (Å²) in [6, 6.07) is 1.74. The molecule has 0 saturated heterocycles. The Bertz CT molecular complexity index is 320. The van der Waals surface area contributed by atoms with E-state index in [0.717, 1.165) is 11.1 Å². The first-order chi connectivity index (χ1) is 6.16. The first-order valence-electron chi connectivity index (χ1n) is 4.08. The van der Waals surface area contributed by atoms with Crippen molar-refractivity contribution in [1.29, 1.82) is 0 Å². The predicted molar refractivity (Wildman–Crippen MR) is 50.8 cm³/mol. The number of hydrogen-bond acceptors (Lipinski definition) is 3. The average molecular weight is 179 g/mol. The Morgan fingerprint density at radius 3 is 2.85 bits per heavy atom. The summed E-state index contributed by atoms with van der Waals surface area (Å²) in [7, 11) is 0. The van der Waals surface area contributed by atoms with Gasteiger partial charge in [0.15, 0.2) is 5.84 Å². The van der Waals surface area contributed by atoms with Gasteiger partial charge in [0.2, 0.25) is 0 Å². The molecule has 0 aliphatic carbocycles. The molecule has 0 radical (unpaired) electrons. The highest BCUT2D eigenvalue weighted by Crippen LogP contribution is 2.17. The molecule has 0 spiro atoms. The summed E-state index contributed by atoms with van der Waals surface area (Å²) in [5, 5.41) is 11.5. The summed E-state index contributed by atoms with van der Waals surface area (Å²) in [5.41, 5.74) is 7.23. The minimum absolute atomic E-state index is 0.131. The standard InChI is InChI=1S/C9H13N3O/c1-6(2)8-5-11-4-3-7(8)9(10)12-13/h3-6,13H,1-2H3,(H2,10,12). The van der Waals surface area contributed by atoms with Crippen molar-refractivity contribution in [3.05, 3.63) is 29.6 Å². The maximum absolute atomic E-state index is 8.54. The van der Waals surface area contributed by atoms with Crippen LogP contribution in [0.3, 0.4) is 0 Å². The fourth-order valence-electron chi connectivity index (χ4n) is 1.15.